The quantitative estimate of drug-likeness (QED) is 0.447. The van der Waals surface area contributed by atoms with E-state index in [1.54, 1.807) is 12.4 Å². The van der Waals surface area contributed by atoms with Crippen LogP contribution in [0.3, 0.4) is 0 Å². The molecule has 0 saturated heterocycles. The van der Waals surface area contributed by atoms with Gasteiger partial charge in [-0.25, -0.2) is 15.0 Å². The van der Waals surface area contributed by atoms with Crippen molar-refractivity contribution in [3.8, 4) is 0 Å². The first-order valence-electron chi connectivity index (χ1n) is 3.90. The van der Waals surface area contributed by atoms with Gasteiger partial charge in [-0.1, -0.05) is 11.6 Å². The number of hydrogen-bond donors (Lipinski definition) is 0. The topological polar surface area (TPSA) is 55.7 Å². The Bertz CT molecular complexity index is 563. The standard InChI is InChI=1S/C8H5ClIN3OS/c1-15(14)8-12-2-4-6(13-8)5(10)3-11-7(4)9/h2-3H,1H3. The molecule has 15 heavy (non-hydrogen) atoms. The van der Waals surface area contributed by atoms with E-state index in [-0.39, 0.29) is 0 Å². The highest BCUT2D eigenvalue weighted by Crippen LogP contribution is 2.23. The SMILES string of the molecule is CS(=O)c1ncc2c(Cl)ncc(I)c2n1. The number of hydrogen-bond acceptors (Lipinski definition) is 4. The Morgan fingerprint density at radius 3 is 2.80 bits per heavy atom. The van der Waals surface area contributed by atoms with E-state index < -0.39 is 10.8 Å². The van der Waals surface area contributed by atoms with Crippen molar-refractivity contribution in [3.05, 3.63) is 21.1 Å². The minimum atomic E-state index is -1.19. The second kappa shape index (κ2) is 4.26. The number of rotatable bonds is 1. The molecule has 0 radical (unpaired) electrons. The molecule has 0 bridgehead atoms. The molecular formula is C8H5ClIN3OS. The largest absolute Gasteiger partial charge is 0.251 e. The first-order chi connectivity index (χ1) is 7.09. The number of fused-ring (bicyclic) bond motifs is 1. The monoisotopic (exact) mass is 353 g/mol. The molecule has 2 heterocycles. The molecule has 0 aliphatic carbocycles. The highest BCUT2D eigenvalue weighted by Gasteiger charge is 2.09. The summed E-state index contributed by atoms with van der Waals surface area (Å²) < 4.78 is 12.1. The first kappa shape index (κ1) is 11.2. The molecule has 0 N–H and O–H groups in total. The van der Waals surface area contributed by atoms with Crippen molar-refractivity contribution >= 4 is 55.9 Å². The van der Waals surface area contributed by atoms with Crippen LogP contribution in [0.1, 0.15) is 0 Å². The summed E-state index contributed by atoms with van der Waals surface area (Å²) in [4.78, 5) is 12.1. The minimum absolute atomic E-state index is 0.308. The van der Waals surface area contributed by atoms with E-state index in [9.17, 15) is 4.21 Å². The van der Waals surface area contributed by atoms with Crippen LogP contribution in [0, 0.1) is 3.57 Å². The number of aromatic nitrogens is 3. The Labute approximate surface area is 107 Å². The Hall–Kier alpha value is -0.340. The van der Waals surface area contributed by atoms with Crippen LogP contribution >= 0.6 is 34.2 Å². The molecule has 0 aliphatic rings. The predicted molar refractivity (Wildman–Crippen MR) is 67.4 cm³/mol. The Morgan fingerprint density at radius 1 is 1.40 bits per heavy atom. The molecule has 0 aromatic carbocycles. The first-order valence-corrected chi connectivity index (χ1v) is 6.91. The summed E-state index contributed by atoms with van der Waals surface area (Å²) >= 11 is 8.00. The minimum Gasteiger partial charge on any atom is -0.251 e. The normalized spacial score (nSPS) is 13.0. The average molecular weight is 354 g/mol. The maximum absolute atomic E-state index is 11.2. The Balaban J connectivity index is 2.81. The highest BCUT2D eigenvalue weighted by molar-refractivity contribution is 14.1. The molecule has 0 aliphatic heterocycles. The van der Waals surface area contributed by atoms with Crippen molar-refractivity contribution in [3.63, 3.8) is 0 Å². The lowest BCUT2D eigenvalue weighted by atomic mass is 10.3. The number of pyridine rings is 1. The fourth-order valence-corrected chi connectivity index (χ4v) is 2.24. The predicted octanol–water partition coefficient (Wildman–Crippen LogP) is 2.02. The maximum Gasteiger partial charge on any atom is 0.218 e. The van der Waals surface area contributed by atoms with E-state index in [0.29, 0.717) is 21.2 Å². The van der Waals surface area contributed by atoms with Gasteiger partial charge in [0, 0.05) is 18.6 Å². The maximum atomic E-state index is 11.2. The number of halogens is 2. The van der Waals surface area contributed by atoms with Gasteiger partial charge in [0.25, 0.3) is 0 Å². The van der Waals surface area contributed by atoms with E-state index in [0.717, 1.165) is 3.57 Å². The summed E-state index contributed by atoms with van der Waals surface area (Å²) in [5.74, 6) is 0. The van der Waals surface area contributed by atoms with Crippen LogP contribution in [0.4, 0.5) is 0 Å². The van der Waals surface area contributed by atoms with Crippen molar-refractivity contribution in [1.82, 2.24) is 15.0 Å². The van der Waals surface area contributed by atoms with Crippen LogP contribution in [0.25, 0.3) is 10.9 Å². The molecule has 7 heteroatoms. The van der Waals surface area contributed by atoms with Gasteiger partial charge in [0.2, 0.25) is 5.16 Å². The summed E-state index contributed by atoms with van der Waals surface area (Å²) in [7, 11) is -1.19. The van der Waals surface area contributed by atoms with Crippen LogP contribution in [-0.2, 0) is 10.8 Å². The third-order valence-electron chi connectivity index (χ3n) is 1.76. The van der Waals surface area contributed by atoms with Crippen molar-refractivity contribution < 1.29 is 4.21 Å². The molecular weight excluding hydrogens is 349 g/mol. The zero-order valence-electron chi connectivity index (χ0n) is 7.57. The number of nitrogens with zero attached hydrogens (tertiary/aromatic N) is 3. The lowest BCUT2D eigenvalue weighted by Crippen LogP contribution is -1.98. The van der Waals surface area contributed by atoms with Gasteiger partial charge in [0.05, 0.1) is 25.3 Å². The summed E-state index contributed by atoms with van der Waals surface area (Å²) in [5, 5.41) is 1.35. The van der Waals surface area contributed by atoms with Gasteiger partial charge in [0.15, 0.2) is 0 Å². The zero-order valence-corrected chi connectivity index (χ0v) is 11.3. The third-order valence-corrected chi connectivity index (χ3v) is 3.57. The van der Waals surface area contributed by atoms with Crippen molar-refractivity contribution in [1.29, 1.82) is 0 Å². The molecule has 0 spiro atoms. The summed E-state index contributed by atoms with van der Waals surface area (Å²) in [5.41, 5.74) is 0.691. The van der Waals surface area contributed by atoms with Crippen LogP contribution in [0.5, 0.6) is 0 Å². The Morgan fingerprint density at radius 2 is 2.13 bits per heavy atom. The molecule has 1 atom stereocenters. The lowest BCUT2D eigenvalue weighted by molar-refractivity contribution is 0.680. The molecule has 2 rings (SSSR count). The van der Waals surface area contributed by atoms with E-state index in [1.165, 1.54) is 6.26 Å². The van der Waals surface area contributed by atoms with E-state index in [4.69, 9.17) is 11.6 Å². The highest BCUT2D eigenvalue weighted by atomic mass is 127. The van der Waals surface area contributed by atoms with Crippen LogP contribution in [0.2, 0.25) is 5.15 Å². The average Bonchev–Trinajstić information content (AvgIpc) is 2.23. The fraction of sp³-hybridized carbons (Fsp3) is 0.125. The van der Waals surface area contributed by atoms with Gasteiger partial charge in [-0.15, -0.1) is 0 Å². The molecule has 4 nitrogen and oxygen atoms in total. The molecule has 1 unspecified atom stereocenters. The van der Waals surface area contributed by atoms with Gasteiger partial charge >= 0.3 is 0 Å². The summed E-state index contributed by atoms with van der Waals surface area (Å²) in [6.07, 6.45) is 4.72. The molecule has 2 aromatic rings. The Kier molecular flexibility index (Phi) is 3.17. The van der Waals surface area contributed by atoms with Gasteiger partial charge in [-0.05, 0) is 22.6 Å². The lowest BCUT2D eigenvalue weighted by Gasteiger charge is -2.02. The molecule has 0 fully saturated rings. The van der Waals surface area contributed by atoms with E-state index in [2.05, 4.69) is 37.5 Å². The van der Waals surface area contributed by atoms with Gasteiger partial charge < -0.3 is 0 Å². The smallest absolute Gasteiger partial charge is 0.218 e. The second-order valence-corrected chi connectivity index (χ2v) is 5.56. The molecule has 78 valence electrons. The molecule has 2 aromatic heterocycles. The van der Waals surface area contributed by atoms with Crippen molar-refractivity contribution in [2.24, 2.45) is 0 Å². The van der Waals surface area contributed by atoms with Crippen molar-refractivity contribution in [2.75, 3.05) is 6.26 Å². The van der Waals surface area contributed by atoms with Gasteiger partial charge in [0.1, 0.15) is 5.15 Å². The van der Waals surface area contributed by atoms with Crippen LogP contribution in [-0.4, -0.2) is 25.4 Å². The molecule has 0 amide bonds. The summed E-state index contributed by atoms with van der Waals surface area (Å²) in [6.45, 7) is 0. The van der Waals surface area contributed by atoms with Crippen LogP contribution in [0.15, 0.2) is 17.6 Å². The van der Waals surface area contributed by atoms with Gasteiger partial charge in [-0.2, -0.15) is 0 Å². The molecule has 0 saturated carbocycles. The van der Waals surface area contributed by atoms with E-state index >= 15 is 0 Å². The van der Waals surface area contributed by atoms with E-state index in [1.807, 2.05) is 0 Å². The zero-order chi connectivity index (χ0) is 11.0. The van der Waals surface area contributed by atoms with Crippen LogP contribution < -0.4 is 0 Å². The van der Waals surface area contributed by atoms with Gasteiger partial charge in [-0.3, -0.25) is 4.21 Å². The van der Waals surface area contributed by atoms with Crippen molar-refractivity contribution in [2.45, 2.75) is 5.16 Å². The third kappa shape index (κ3) is 2.11. The summed E-state index contributed by atoms with van der Waals surface area (Å²) in [6, 6.07) is 0. The fourth-order valence-electron chi connectivity index (χ4n) is 1.08. The second-order valence-electron chi connectivity index (χ2n) is 2.77.